The molecule has 0 aliphatic carbocycles. The van der Waals surface area contributed by atoms with Crippen LogP contribution in [0.2, 0.25) is 0 Å². The van der Waals surface area contributed by atoms with E-state index in [-0.39, 0.29) is 18.1 Å². The number of carbonyl (C=O) groups is 1. The Hall–Kier alpha value is -4.28. The Bertz CT molecular complexity index is 1390. The van der Waals surface area contributed by atoms with Crippen molar-refractivity contribution in [3.8, 4) is 17.4 Å². The Morgan fingerprint density at radius 2 is 1.97 bits per heavy atom. The van der Waals surface area contributed by atoms with Crippen molar-refractivity contribution in [2.24, 2.45) is 0 Å². The van der Waals surface area contributed by atoms with Gasteiger partial charge in [0.25, 0.3) is 5.91 Å². The molecule has 8 nitrogen and oxygen atoms in total. The summed E-state index contributed by atoms with van der Waals surface area (Å²) in [6.45, 7) is 0.258. The number of nitrogens with zero attached hydrogens (tertiary/aromatic N) is 2. The molecular weight excluding hydrogens is 465 g/mol. The molecule has 4 heterocycles. The Morgan fingerprint density at radius 1 is 1.17 bits per heavy atom. The summed E-state index contributed by atoms with van der Waals surface area (Å²) in [5.74, 6) is 0.0753. The van der Waals surface area contributed by atoms with E-state index in [0.717, 1.165) is 5.39 Å². The third kappa shape index (κ3) is 4.32. The number of hydrogen-bond acceptors (Lipinski definition) is 6. The molecule has 1 aromatic carbocycles. The molecule has 180 valence electrons. The number of aromatic amines is 1. The number of halogens is 3. The van der Waals surface area contributed by atoms with Gasteiger partial charge in [-0.3, -0.25) is 9.78 Å². The summed E-state index contributed by atoms with van der Waals surface area (Å²) in [4.78, 5) is 25.1. The quantitative estimate of drug-likeness (QED) is 0.438. The summed E-state index contributed by atoms with van der Waals surface area (Å²) in [5.41, 5.74) is 0.738. The highest BCUT2D eigenvalue weighted by molar-refractivity contribution is 5.98. The highest BCUT2D eigenvalue weighted by Gasteiger charge is 2.43. The number of H-pyrrole nitrogens is 1. The van der Waals surface area contributed by atoms with Gasteiger partial charge >= 0.3 is 6.36 Å². The smallest absolute Gasteiger partial charge is 0.491 e. The van der Waals surface area contributed by atoms with E-state index in [0.29, 0.717) is 34.8 Å². The lowest BCUT2D eigenvalue weighted by Gasteiger charge is -2.38. The summed E-state index contributed by atoms with van der Waals surface area (Å²) in [7, 11) is 1.50. The van der Waals surface area contributed by atoms with Crippen LogP contribution in [0.5, 0.6) is 17.4 Å². The molecule has 1 aliphatic heterocycles. The van der Waals surface area contributed by atoms with Crippen molar-refractivity contribution in [3.05, 3.63) is 77.9 Å². The Labute approximate surface area is 197 Å². The van der Waals surface area contributed by atoms with Gasteiger partial charge in [-0.05, 0) is 35.9 Å². The topological polar surface area (TPSA) is 98.4 Å². The van der Waals surface area contributed by atoms with Crippen LogP contribution in [0.1, 0.15) is 28.2 Å². The van der Waals surface area contributed by atoms with E-state index in [9.17, 15) is 18.0 Å². The molecule has 0 spiro atoms. The van der Waals surface area contributed by atoms with Gasteiger partial charge in [0.2, 0.25) is 5.88 Å². The van der Waals surface area contributed by atoms with Crippen molar-refractivity contribution in [1.29, 1.82) is 0 Å². The molecular formula is C24H19F3N4O4. The molecule has 0 radical (unpaired) electrons. The number of rotatable bonds is 5. The molecule has 1 amide bonds. The second-order valence-corrected chi connectivity index (χ2v) is 7.88. The van der Waals surface area contributed by atoms with Crippen molar-refractivity contribution >= 4 is 16.8 Å². The number of nitrogens with one attached hydrogen (secondary N) is 2. The highest BCUT2D eigenvalue weighted by Crippen LogP contribution is 2.41. The van der Waals surface area contributed by atoms with Crippen LogP contribution in [-0.4, -0.2) is 40.9 Å². The molecule has 3 aromatic heterocycles. The lowest BCUT2D eigenvalue weighted by atomic mass is 9.81. The minimum atomic E-state index is -4.81. The number of benzene rings is 1. The summed E-state index contributed by atoms with van der Waals surface area (Å²) in [6.07, 6.45) is -1.38. The Morgan fingerprint density at radius 3 is 2.71 bits per heavy atom. The van der Waals surface area contributed by atoms with Crippen LogP contribution < -0.4 is 19.5 Å². The van der Waals surface area contributed by atoms with Gasteiger partial charge in [0, 0.05) is 24.1 Å². The maximum Gasteiger partial charge on any atom is 0.573 e. The molecule has 1 unspecified atom stereocenters. The first-order valence-corrected chi connectivity index (χ1v) is 10.6. The average Bonchev–Trinajstić information content (AvgIpc) is 3.27. The first-order valence-electron chi connectivity index (χ1n) is 10.6. The number of carbonyl (C=O) groups excluding carboxylic acids is 1. The summed E-state index contributed by atoms with van der Waals surface area (Å²) < 4.78 is 52.8. The monoisotopic (exact) mass is 484 g/mol. The molecule has 4 aromatic rings. The number of fused-ring (bicyclic) bond motifs is 2. The number of alkyl halides is 3. The number of pyridine rings is 2. The standard InChI is InChI=1S/C24H19F3N4O4/c1-33-20-12-14-11-17(30-18(14)13-29-20)22(32)31-23(8-10-34-19-3-2-9-28-21(19)23)15-4-6-16(7-5-15)35-24(25,26)27/h2-7,9,11-13,30H,8,10H2,1H3,(H,31,32). The van der Waals surface area contributed by atoms with Crippen molar-refractivity contribution in [3.63, 3.8) is 0 Å². The highest BCUT2D eigenvalue weighted by atomic mass is 19.4. The van der Waals surface area contributed by atoms with Crippen LogP contribution >= 0.6 is 0 Å². The molecule has 1 aliphatic rings. The number of aromatic nitrogens is 3. The number of hydrogen-bond donors (Lipinski definition) is 2. The minimum Gasteiger partial charge on any atom is -0.491 e. The number of methoxy groups -OCH3 is 1. The fourth-order valence-electron chi connectivity index (χ4n) is 4.18. The van der Waals surface area contributed by atoms with Crippen molar-refractivity contribution in [2.75, 3.05) is 13.7 Å². The Kier molecular flexibility index (Phi) is 5.46. The first-order chi connectivity index (χ1) is 16.8. The third-order valence-electron chi connectivity index (χ3n) is 5.75. The predicted octanol–water partition coefficient (Wildman–Crippen LogP) is 4.32. The van der Waals surface area contributed by atoms with Gasteiger partial charge in [-0.25, -0.2) is 4.98 Å². The minimum absolute atomic E-state index is 0.258. The van der Waals surface area contributed by atoms with Gasteiger partial charge in [-0.1, -0.05) is 12.1 Å². The fraction of sp³-hybridized carbons (Fsp3) is 0.208. The summed E-state index contributed by atoms with van der Waals surface area (Å²) >= 11 is 0. The van der Waals surface area contributed by atoms with E-state index in [4.69, 9.17) is 9.47 Å². The van der Waals surface area contributed by atoms with Gasteiger partial charge in [0.05, 0.1) is 25.4 Å². The molecule has 35 heavy (non-hydrogen) atoms. The molecule has 11 heteroatoms. The number of ether oxygens (including phenoxy) is 3. The maximum absolute atomic E-state index is 13.4. The zero-order valence-corrected chi connectivity index (χ0v) is 18.3. The molecule has 0 saturated carbocycles. The van der Waals surface area contributed by atoms with Gasteiger partial charge in [-0.15, -0.1) is 13.2 Å². The zero-order chi connectivity index (χ0) is 24.6. The van der Waals surface area contributed by atoms with Crippen LogP contribution in [0.15, 0.2) is 60.9 Å². The molecule has 0 fully saturated rings. The Balaban J connectivity index is 1.55. The zero-order valence-electron chi connectivity index (χ0n) is 18.3. The maximum atomic E-state index is 13.4. The van der Waals surface area contributed by atoms with Crippen LogP contribution in [0.3, 0.4) is 0 Å². The van der Waals surface area contributed by atoms with Crippen molar-refractivity contribution in [2.45, 2.75) is 18.3 Å². The van der Waals surface area contributed by atoms with Gasteiger partial charge in [0.15, 0.2) is 0 Å². The second kappa shape index (κ2) is 8.49. The van der Waals surface area contributed by atoms with E-state index in [1.165, 1.54) is 31.4 Å². The second-order valence-electron chi connectivity index (χ2n) is 7.88. The normalized spacial score (nSPS) is 17.4. The SMILES string of the molecule is COc1cc2cc(C(=O)NC3(c4ccc(OC(F)(F)F)cc4)CCOc4cccnc43)[nH]c2cn1. The van der Waals surface area contributed by atoms with E-state index in [1.807, 2.05) is 0 Å². The largest absolute Gasteiger partial charge is 0.573 e. The average molecular weight is 484 g/mol. The van der Waals surface area contributed by atoms with Crippen LogP contribution in [0.4, 0.5) is 13.2 Å². The first kappa shape index (κ1) is 22.5. The molecule has 1 atom stereocenters. The lowest BCUT2D eigenvalue weighted by molar-refractivity contribution is -0.274. The van der Waals surface area contributed by atoms with Crippen LogP contribution in [0.25, 0.3) is 10.9 Å². The van der Waals surface area contributed by atoms with Gasteiger partial charge in [-0.2, -0.15) is 0 Å². The predicted molar refractivity (Wildman–Crippen MR) is 118 cm³/mol. The van der Waals surface area contributed by atoms with Crippen molar-refractivity contribution < 1.29 is 32.2 Å². The van der Waals surface area contributed by atoms with Gasteiger partial charge in [0.1, 0.15) is 28.4 Å². The summed E-state index contributed by atoms with van der Waals surface area (Å²) in [5, 5.41) is 3.78. The van der Waals surface area contributed by atoms with Crippen LogP contribution in [-0.2, 0) is 5.54 Å². The van der Waals surface area contributed by atoms with E-state index >= 15 is 0 Å². The van der Waals surface area contributed by atoms with Crippen molar-refractivity contribution in [1.82, 2.24) is 20.3 Å². The van der Waals surface area contributed by atoms with Crippen LogP contribution in [0, 0.1) is 0 Å². The molecule has 0 saturated heterocycles. The van der Waals surface area contributed by atoms with E-state index in [2.05, 4.69) is 25.0 Å². The van der Waals surface area contributed by atoms with E-state index in [1.54, 1.807) is 36.7 Å². The number of amides is 1. The van der Waals surface area contributed by atoms with Gasteiger partial charge < -0.3 is 24.5 Å². The summed E-state index contributed by atoms with van der Waals surface area (Å²) in [6, 6.07) is 12.2. The lowest BCUT2D eigenvalue weighted by Crippen LogP contribution is -2.50. The van der Waals surface area contributed by atoms with E-state index < -0.39 is 17.8 Å². The molecule has 2 N–H and O–H groups in total. The third-order valence-corrected chi connectivity index (χ3v) is 5.75. The molecule has 5 rings (SSSR count). The molecule has 0 bridgehead atoms. The fourth-order valence-corrected chi connectivity index (χ4v) is 4.18.